The van der Waals surface area contributed by atoms with Gasteiger partial charge in [-0.25, -0.2) is 18.4 Å². The summed E-state index contributed by atoms with van der Waals surface area (Å²) in [6.45, 7) is 3.51. The van der Waals surface area contributed by atoms with Crippen molar-refractivity contribution in [3.05, 3.63) is 64.7 Å². The van der Waals surface area contributed by atoms with E-state index in [0.29, 0.717) is 32.1 Å². The van der Waals surface area contributed by atoms with E-state index in [0.717, 1.165) is 11.6 Å². The van der Waals surface area contributed by atoms with Crippen LogP contribution in [0, 0.1) is 5.92 Å². The molecule has 2 aliphatic rings. The number of hydrogen-bond donors (Lipinski definition) is 4. The van der Waals surface area contributed by atoms with Gasteiger partial charge in [0.15, 0.2) is 0 Å². The van der Waals surface area contributed by atoms with E-state index in [4.69, 9.17) is 21.5 Å². The average molecular weight is 663 g/mol. The van der Waals surface area contributed by atoms with Crippen LogP contribution in [0.3, 0.4) is 0 Å². The number of nitrogens with two attached hydrogens (primary N) is 1. The third-order valence-corrected chi connectivity index (χ3v) is 9.89. The fraction of sp³-hybridized carbons (Fsp3) is 0.484. The van der Waals surface area contributed by atoms with Crippen LogP contribution in [-0.2, 0) is 35.6 Å². The molecule has 1 aliphatic heterocycles. The maximum atomic E-state index is 13.8. The van der Waals surface area contributed by atoms with Gasteiger partial charge < -0.3 is 20.1 Å². The zero-order valence-corrected chi connectivity index (χ0v) is 26.7. The van der Waals surface area contributed by atoms with E-state index in [1.165, 1.54) is 17.0 Å². The molecule has 1 saturated heterocycles. The Balaban J connectivity index is 1.43. The molecule has 12 nitrogen and oxygen atoms in total. The van der Waals surface area contributed by atoms with Crippen LogP contribution in [0.4, 0.5) is 0 Å². The van der Waals surface area contributed by atoms with Gasteiger partial charge in [-0.15, -0.1) is 0 Å². The molecule has 0 aromatic heterocycles. The Morgan fingerprint density at radius 2 is 1.82 bits per heavy atom. The molecule has 1 aliphatic carbocycles. The topological polar surface area (TPSA) is 185 Å². The van der Waals surface area contributed by atoms with Gasteiger partial charge in [0, 0.05) is 17.6 Å². The molecule has 0 spiro atoms. The molecule has 14 heteroatoms. The van der Waals surface area contributed by atoms with E-state index in [1.54, 1.807) is 13.8 Å². The maximum absolute atomic E-state index is 13.8. The monoisotopic (exact) mass is 662 g/mol. The summed E-state index contributed by atoms with van der Waals surface area (Å²) < 4.78 is 28.9. The number of carbonyl (C=O) groups excluding carboxylic acids is 3. The standard InChI is InChI=1S/C31H39ClN4O8S/c1-3-44-31(41)24(13-9-19-7-5-4-6-8-19)34-18(2)29(38)36-25-14-11-22(15-21(25)16-26(36)30(39)40)35-28(37)20-10-12-23(32)27(17-20)45(33,42)43/h4-8,10,12,17-18,21-22,24-26,34H,3,9,11,13-16H2,1-2H3,(H,35,37)(H,39,40)(H2,33,42,43)/t18-,21?,22?,24-,25?,26?/m0/s1. The molecule has 1 saturated carbocycles. The lowest BCUT2D eigenvalue weighted by atomic mass is 9.81. The molecule has 5 N–H and O–H groups in total. The van der Waals surface area contributed by atoms with Crippen LogP contribution < -0.4 is 15.8 Å². The van der Waals surface area contributed by atoms with Crippen LogP contribution in [-0.4, -0.2) is 79.0 Å². The molecule has 4 unspecified atom stereocenters. The number of carboxylic acids is 1. The number of hydrogen-bond acceptors (Lipinski definition) is 8. The second-order valence-corrected chi connectivity index (χ2v) is 13.5. The number of nitrogens with one attached hydrogen (secondary N) is 2. The number of amides is 2. The van der Waals surface area contributed by atoms with Crippen molar-refractivity contribution in [1.29, 1.82) is 0 Å². The highest BCUT2D eigenvalue weighted by molar-refractivity contribution is 7.89. The third kappa shape index (κ3) is 8.40. The average Bonchev–Trinajstić information content (AvgIpc) is 3.38. The Morgan fingerprint density at radius 3 is 2.47 bits per heavy atom. The van der Waals surface area contributed by atoms with Gasteiger partial charge in [-0.1, -0.05) is 41.9 Å². The molecule has 2 aromatic carbocycles. The maximum Gasteiger partial charge on any atom is 0.326 e. The van der Waals surface area contributed by atoms with Crippen molar-refractivity contribution in [3.8, 4) is 0 Å². The summed E-state index contributed by atoms with van der Waals surface area (Å²) in [5.41, 5.74) is 1.10. The first-order valence-corrected chi connectivity index (χ1v) is 16.9. The van der Waals surface area contributed by atoms with Gasteiger partial charge in [-0.2, -0.15) is 0 Å². The number of primary sulfonamides is 1. The molecule has 0 radical (unpaired) electrons. The number of ether oxygens (including phenoxy) is 1. The summed E-state index contributed by atoms with van der Waals surface area (Å²) in [6, 6.07) is 10.1. The summed E-state index contributed by atoms with van der Waals surface area (Å²) in [6.07, 6.45) is 2.55. The quantitative estimate of drug-likeness (QED) is 0.248. The van der Waals surface area contributed by atoms with Crippen molar-refractivity contribution in [2.45, 2.75) is 87.5 Å². The van der Waals surface area contributed by atoms with Crippen molar-refractivity contribution in [2.75, 3.05) is 6.61 Å². The fourth-order valence-corrected chi connectivity index (χ4v) is 7.43. The number of nitrogens with zero attached hydrogens (tertiary/aromatic N) is 1. The highest BCUT2D eigenvalue weighted by Gasteiger charge is 2.50. The van der Waals surface area contributed by atoms with Gasteiger partial charge in [0.2, 0.25) is 15.9 Å². The Hall–Kier alpha value is -3.52. The first-order valence-electron chi connectivity index (χ1n) is 14.9. The number of rotatable bonds is 12. The molecular weight excluding hydrogens is 624 g/mol. The van der Waals surface area contributed by atoms with Crippen molar-refractivity contribution in [1.82, 2.24) is 15.5 Å². The molecule has 2 amide bonds. The largest absolute Gasteiger partial charge is 0.480 e. The lowest BCUT2D eigenvalue weighted by Gasteiger charge is -2.38. The van der Waals surface area contributed by atoms with Gasteiger partial charge >= 0.3 is 11.9 Å². The zero-order chi connectivity index (χ0) is 32.9. The molecule has 45 heavy (non-hydrogen) atoms. The minimum absolute atomic E-state index is 0.0699. The normalized spacial score (nSPS) is 22.6. The lowest BCUT2D eigenvalue weighted by Crippen LogP contribution is -2.56. The number of fused-ring (bicyclic) bond motifs is 1. The molecule has 6 atom stereocenters. The van der Waals surface area contributed by atoms with Crippen LogP contribution >= 0.6 is 11.6 Å². The summed E-state index contributed by atoms with van der Waals surface area (Å²) >= 11 is 5.94. The minimum atomic E-state index is -4.14. The molecule has 0 bridgehead atoms. The number of carboxylic acid groups (broad SMARTS) is 1. The summed E-state index contributed by atoms with van der Waals surface area (Å²) in [5, 5.41) is 21.2. The summed E-state index contributed by atoms with van der Waals surface area (Å²) in [5.74, 6) is -2.71. The number of aryl methyl sites for hydroxylation is 1. The van der Waals surface area contributed by atoms with Crippen LogP contribution in [0.5, 0.6) is 0 Å². The number of sulfonamides is 1. The first kappa shape index (κ1) is 34.4. The molecule has 4 rings (SSSR count). The SMILES string of the molecule is CCOC(=O)[C@H](CCc1ccccc1)N[C@@H](C)C(=O)N1C(C(=O)O)CC2CC(NC(=O)c3ccc(Cl)c(S(N)(=O)=O)c3)CCC21. The Labute approximate surface area is 267 Å². The number of aliphatic carboxylic acids is 1. The van der Waals surface area contributed by atoms with Crippen molar-refractivity contribution in [3.63, 3.8) is 0 Å². The van der Waals surface area contributed by atoms with E-state index in [1.807, 2.05) is 30.3 Å². The second kappa shape index (κ2) is 14.7. The van der Waals surface area contributed by atoms with Gasteiger partial charge in [-0.3, -0.25) is 19.7 Å². The molecule has 2 aromatic rings. The van der Waals surface area contributed by atoms with Gasteiger partial charge in [-0.05, 0) is 82.1 Å². The highest BCUT2D eigenvalue weighted by Crippen LogP contribution is 2.40. The molecular formula is C31H39ClN4O8S. The van der Waals surface area contributed by atoms with Gasteiger partial charge in [0.1, 0.15) is 17.0 Å². The molecule has 1 heterocycles. The van der Waals surface area contributed by atoms with E-state index in [-0.39, 0.29) is 46.5 Å². The molecule has 2 fully saturated rings. The van der Waals surface area contributed by atoms with Crippen LogP contribution in [0.2, 0.25) is 5.02 Å². The van der Waals surface area contributed by atoms with Crippen molar-refractivity contribution < 1.29 is 37.4 Å². The van der Waals surface area contributed by atoms with Crippen LogP contribution in [0.1, 0.15) is 61.9 Å². The van der Waals surface area contributed by atoms with Crippen molar-refractivity contribution in [2.24, 2.45) is 11.1 Å². The minimum Gasteiger partial charge on any atom is -0.480 e. The van der Waals surface area contributed by atoms with E-state index in [9.17, 15) is 32.7 Å². The lowest BCUT2D eigenvalue weighted by molar-refractivity contribution is -0.152. The summed E-state index contributed by atoms with van der Waals surface area (Å²) in [7, 11) is -4.14. The number of esters is 1. The van der Waals surface area contributed by atoms with E-state index < -0.39 is 51.9 Å². The van der Waals surface area contributed by atoms with Gasteiger partial charge in [0.05, 0.1) is 17.7 Å². The van der Waals surface area contributed by atoms with Gasteiger partial charge in [0.25, 0.3) is 5.91 Å². The fourth-order valence-electron chi connectivity index (χ4n) is 6.36. The van der Waals surface area contributed by atoms with Crippen LogP contribution in [0.15, 0.2) is 53.4 Å². The van der Waals surface area contributed by atoms with Crippen molar-refractivity contribution >= 4 is 45.4 Å². The summed E-state index contributed by atoms with van der Waals surface area (Å²) in [4.78, 5) is 52.9. The predicted molar refractivity (Wildman–Crippen MR) is 166 cm³/mol. The third-order valence-electron chi connectivity index (χ3n) is 8.49. The Morgan fingerprint density at radius 1 is 1.11 bits per heavy atom. The number of halogens is 1. The molecule has 244 valence electrons. The number of carbonyl (C=O) groups is 4. The Kier molecular flexibility index (Phi) is 11.2. The van der Waals surface area contributed by atoms with E-state index in [2.05, 4.69) is 10.6 Å². The predicted octanol–water partition coefficient (Wildman–Crippen LogP) is 2.48. The Bertz CT molecular complexity index is 1520. The van der Waals surface area contributed by atoms with Crippen LogP contribution in [0.25, 0.3) is 0 Å². The second-order valence-electron chi connectivity index (χ2n) is 11.6. The number of likely N-dealkylation sites (tertiary alicyclic amines) is 1. The highest BCUT2D eigenvalue weighted by atomic mass is 35.5. The smallest absolute Gasteiger partial charge is 0.326 e. The number of benzene rings is 2. The van der Waals surface area contributed by atoms with E-state index >= 15 is 0 Å². The first-order chi connectivity index (χ1) is 21.3. The zero-order valence-electron chi connectivity index (χ0n) is 25.1.